The SMILES string of the molecule is CC(=O)Nc1ccc(CC(=O)Nc2cc(Cl)ccc2C(=O)N2CCCCC2)cc1. The van der Waals surface area contributed by atoms with Gasteiger partial charge in [0.15, 0.2) is 0 Å². The number of rotatable bonds is 5. The van der Waals surface area contributed by atoms with Crippen LogP contribution >= 0.6 is 11.6 Å². The summed E-state index contributed by atoms with van der Waals surface area (Å²) < 4.78 is 0. The van der Waals surface area contributed by atoms with Gasteiger partial charge in [-0.15, -0.1) is 0 Å². The number of nitrogens with one attached hydrogen (secondary N) is 2. The lowest BCUT2D eigenvalue weighted by Gasteiger charge is -2.27. The molecule has 29 heavy (non-hydrogen) atoms. The number of anilines is 2. The topological polar surface area (TPSA) is 78.5 Å². The quantitative estimate of drug-likeness (QED) is 0.774. The zero-order valence-electron chi connectivity index (χ0n) is 16.3. The molecule has 2 N–H and O–H groups in total. The van der Waals surface area contributed by atoms with Crippen LogP contribution < -0.4 is 10.6 Å². The Labute approximate surface area is 175 Å². The Morgan fingerprint density at radius 1 is 0.966 bits per heavy atom. The molecule has 0 atom stereocenters. The first-order valence-corrected chi connectivity index (χ1v) is 10.1. The minimum Gasteiger partial charge on any atom is -0.339 e. The molecule has 1 aliphatic rings. The second kappa shape index (κ2) is 9.56. The van der Waals surface area contributed by atoms with Crippen molar-refractivity contribution in [2.24, 2.45) is 0 Å². The lowest BCUT2D eigenvalue weighted by atomic mass is 10.1. The number of carbonyl (C=O) groups excluding carboxylic acids is 3. The predicted molar refractivity (Wildman–Crippen MR) is 114 cm³/mol. The second-order valence-corrected chi connectivity index (χ2v) is 7.58. The number of nitrogens with zero attached hydrogens (tertiary/aromatic N) is 1. The summed E-state index contributed by atoms with van der Waals surface area (Å²) in [5.74, 6) is -0.481. The van der Waals surface area contributed by atoms with Crippen LogP contribution in [-0.2, 0) is 16.0 Å². The Kier molecular flexibility index (Phi) is 6.88. The number of amides is 3. The first-order valence-electron chi connectivity index (χ1n) is 9.67. The van der Waals surface area contributed by atoms with E-state index in [2.05, 4.69) is 10.6 Å². The third-order valence-corrected chi connectivity index (χ3v) is 5.00. The van der Waals surface area contributed by atoms with Crippen molar-refractivity contribution in [3.63, 3.8) is 0 Å². The second-order valence-electron chi connectivity index (χ2n) is 7.15. The average molecular weight is 414 g/mol. The fraction of sp³-hybridized carbons (Fsp3) is 0.318. The summed E-state index contributed by atoms with van der Waals surface area (Å²) in [4.78, 5) is 38.4. The van der Waals surface area contributed by atoms with Crippen molar-refractivity contribution in [1.29, 1.82) is 0 Å². The summed E-state index contributed by atoms with van der Waals surface area (Å²) in [5.41, 5.74) is 2.34. The van der Waals surface area contributed by atoms with Crippen molar-refractivity contribution >= 4 is 40.7 Å². The van der Waals surface area contributed by atoms with Crippen LogP contribution in [0.5, 0.6) is 0 Å². The van der Waals surface area contributed by atoms with E-state index in [9.17, 15) is 14.4 Å². The molecule has 1 saturated heterocycles. The van der Waals surface area contributed by atoms with E-state index in [0.717, 1.165) is 37.9 Å². The summed E-state index contributed by atoms with van der Waals surface area (Å²) in [5, 5.41) is 5.97. The largest absolute Gasteiger partial charge is 0.339 e. The van der Waals surface area contributed by atoms with Crippen LogP contribution in [0.3, 0.4) is 0 Å². The van der Waals surface area contributed by atoms with E-state index in [1.165, 1.54) is 6.92 Å². The highest BCUT2D eigenvalue weighted by Gasteiger charge is 2.21. The number of piperidine rings is 1. The van der Waals surface area contributed by atoms with Crippen LogP contribution in [0.4, 0.5) is 11.4 Å². The molecule has 6 nitrogen and oxygen atoms in total. The molecule has 0 aromatic heterocycles. The Bertz CT molecular complexity index is 906. The minimum atomic E-state index is -0.243. The molecule has 0 saturated carbocycles. The summed E-state index contributed by atoms with van der Waals surface area (Å²) in [6.07, 6.45) is 3.27. The van der Waals surface area contributed by atoms with Crippen LogP contribution in [0.15, 0.2) is 42.5 Å². The average Bonchev–Trinajstić information content (AvgIpc) is 2.69. The predicted octanol–water partition coefficient (Wildman–Crippen LogP) is 4.11. The van der Waals surface area contributed by atoms with Crippen molar-refractivity contribution < 1.29 is 14.4 Å². The van der Waals surface area contributed by atoms with Crippen LogP contribution in [0, 0.1) is 0 Å². The standard InChI is InChI=1S/C22H24ClN3O3/c1-15(27)24-18-8-5-16(6-9-18)13-21(28)25-20-14-17(23)7-10-19(20)22(29)26-11-3-2-4-12-26/h5-10,14H,2-4,11-13H2,1H3,(H,24,27)(H,25,28). The van der Waals surface area contributed by atoms with Gasteiger partial charge in [0.2, 0.25) is 11.8 Å². The molecule has 0 radical (unpaired) electrons. The summed E-state index contributed by atoms with van der Waals surface area (Å²) in [7, 11) is 0. The molecule has 0 aliphatic carbocycles. The normalized spacial score (nSPS) is 13.7. The maximum absolute atomic E-state index is 12.9. The Morgan fingerprint density at radius 3 is 2.31 bits per heavy atom. The minimum absolute atomic E-state index is 0.0867. The van der Waals surface area contributed by atoms with Gasteiger partial charge in [-0.2, -0.15) is 0 Å². The van der Waals surface area contributed by atoms with E-state index in [4.69, 9.17) is 11.6 Å². The van der Waals surface area contributed by atoms with Crippen LogP contribution in [0.1, 0.15) is 42.1 Å². The van der Waals surface area contributed by atoms with Gasteiger partial charge in [0.05, 0.1) is 17.7 Å². The van der Waals surface area contributed by atoms with Crippen molar-refractivity contribution in [3.05, 3.63) is 58.6 Å². The number of hydrogen-bond donors (Lipinski definition) is 2. The molecule has 2 aromatic carbocycles. The van der Waals surface area contributed by atoms with Gasteiger partial charge in [-0.3, -0.25) is 14.4 Å². The molecule has 0 spiro atoms. The number of hydrogen-bond acceptors (Lipinski definition) is 3. The first-order chi connectivity index (χ1) is 13.9. The third kappa shape index (κ3) is 5.81. The van der Waals surface area contributed by atoms with Gasteiger partial charge in [0.1, 0.15) is 0 Å². The van der Waals surface area contributed by atoms with Gasteiger partial charge in [0, 0.05) is 30.7 Å². The van der Waals surface area contributed by atoms with E-state index in [1.807, 2.05) is 4.90 Å². The zero-order chi connectivity index (χ0) is 20.8. The zero-order valence-corrected chi connectivity index (χ0v) is 17.1. The van der Waals surface area contributed by atoms with Gasteiger partial charge < -0.3 is 15.5 Å². The Balaban J connectivity index is 1.70. The molecule has 3 amide bonds. The smallest absolute Gasteiger partial charge is 0.255 e. The number of halogens is 1. The fourth-order valence-corrected chi connectivity index (χ4v) is 3.53. The number of likely N-dealkylation sites (tertiary alicyclic amines) is 1. The molecule has 3 rings (SSSR count). The van der Waals surface area contributed by atoms with Gasteiger partial charge in [-0.1, -0.05) is 23.7 Å². The molecule has 2 aromatic rings. The molecular formula is C22H24ClN3O3. The highest BCUT2D eigenvalue weighted by atomic mass is 35.5. The maximum atomic E-state index is 12.9. The lowest BCUT2D eigenvalue weighted by Crippen LogP contribution is -2.36. The summed E-state index contributed by atoms with van der Waals surface area (Å²) in [6.45, 7) is 2.90. The first kappa shape index (κ1) is 20.9. The molecule has 7 heteroatoms. The lowest BCUT2D eigenvalue weighted by molar-refractivity contribution is -0.116. The van der Waals surface area contributed by atoms with Crippen LogP contribution in [-0.4, -0.2) is 35.7 Å². The van der Waals surface area contributed by atoms with Gasteiger partial charge in [-0.05, 0) is 55.2 Å². The molecule has 1 heterocycles. The molecule has 1 aliphatic heterocycles. The van der Waals surface area contributed by atoms with E-state index in [0.29, 0.717) is 22.0 Å². The van der Waals surface area contributed by atoms with Gasteiger partial charge >= 0.3 is 0 Å². The third-order valence-electron chi connectivity index (χ3n) is 4.77. The van der Waals surface area contributed by atoms with Crippen molar-refractivity contribution in [2.45, 2.75) is 32.6 Å². The number of benzene rings is 2. The molecule has 1 fully saturated rings. The van der Waals surface area contributed by atoms with E-state index >= 15 is 0 Å². The van der Waals surface area contributed by atoms with E-state index in [1.54, 1.807) is 42.5 Å². The van der Waals surface area contributed by atoms with Crippen LogP contribution in [0.25, 0.3) is 0 Å². The van der Waals surface area contributed by atoms with E-state index < -0.39 is 0 Å². The Hall–Kier alpha value is -2.86. The van der Waals surface area contributed by atoms with Crippen molar-refractivity contribution in [2.75, 3.05) is 23.7 Å². The molecule has 0 unspecified atom stereocenters. The van der Waals surface area contributed by atoms with Crippen molar-refractivity contribution in [3.8, 4) is 0 Å². The van der Waals surface area contributed by atoms with E-state index in [-0.39, 0.29) is 24.1 Å². The summed E-state index contributed by atoms with van der Waals surface area (Å²) >= 11 is 6.10. The van der Waals surface area contributed by atoms with Gasteiger partial charge in [-0.25, -0.2) is 0 Å². The highest BCUT2D eigenvalue weighted by Crippen LogP contribution is 2.24. The molecule has 0 bridgehead atoms. The monoisotopic (exact) mass is 413 g/mol. The number of carbonyl (C=O) groups is 3. The van der Waals surface area contributed by atoms with Gasteiger partial charge in [0.25, 0.3) is 5.91 Å². The Morgan fingerprint density at radius 2 is 1.66 bits per heavy atom. The fourth-order valence-electron chi connectivity index (χ4n) is 3.36. The molecular weight excluding hydrogens is 390 g/mol. The molecule has 152 valence electrons. The van der Waals surface area contributed by atoms with Crippen molar-refractivity contribution in [1.82, 2.24) is 4.90 Å². The maximum Gasteiger partial charge on any atom is 0.255 e. The van der Waals surface area contributed by atoms with Crippen LogP contribution in [0.2, 0.25) is 5.02 Å². The highest BCUT2D eigenvalue weighted by molar-refractivity contribution is 6.31. The summed E-state index contributed by atoms with van der Waals surface area (Å²) in [6, 6.07) is 12.0.